The Morgan fingerprint density at radius 1 is 1.09 bits per heavy atom. The Morgan fingerprint density at radius 3 is 2.35 bits per heavy atom. The van der Waals surface area contributed by atoms with Crippen molar-refractivity contribution in [2.24, 2.45) is 5.41 Å². The zero-order valence-corrected chi connectivity index (χ0v) is 13.5. The maximum atomic E-state index is 13.5. The lowest BCUT2D eigenvalue weighted by atomic mass is 9.82. The fraction of sp³-hybridized carbons (Fsp3) is 0.316. The van der Waals surface area contributed by atoms with Crippen molar-refractivity contribution >= 4 is 5.78 Å². The SMILES string of the molecule is CCC(C)(C)C(=O)c1ccc(COc2cc(F)ccc2F)cc1. The number of halogens is 2. The fourth-order valence-electron chi connectivity index (χ4n) is 2.05. The molecule has 0 saturated carbocycles. The summed E-state index contributed by atoms with van der Waals surface area (Å²) in [5, 5.41) is 0. The van der Waals surface area contributed by atoms with Gasteiger partial charge in [0.15, 0.2) is 17.3 Å². The van der Waals surface area contributed by atoms with Crippen molar-refractivity contribution in [3.63, 3.8) is 0 Å². The van der Waals surface area contributed by atoms with Gasteiger partial charge >= 0.3 is 0 Å². The lowest BCUT2D eigenvalue weighted by Gasteiger charge is -2.20. The minimum Gasteiger partial charge on any atom is -0.486 e. The van der Waals surface area contributed by atoms with Crippen LogP contribution in [-0.4, -0.2) is 5.78 Å². The van der Waals surface area contributed by atoms with E-state index in [0.29, 0.717) is 5.56 Å². The van der Waals surface area contributed by atoms with Gasteiger partial charge in [0.05, 0.1) is 0 Å². The van der Waals surface area contributed by atoms with Gasteiger partial charge in [-0.1, -0.05) is 45.0 Å². The van der Waals surface area contributed by atoms with Gasteiger partial charge < -0.3 is 4.74 Å². The number of hydrogen-bond donors (Lipinski definition) is 0. The summed E-state index contributed by atoms with van der Waals surface area (Å²) in [6.07, 6.45) is 0.759. The minimum absolute atomic E-state index is 0.0867. The van der Waals surface area contributed by atoms with Crippen LogP contribution in [0.15, 0.2) is 42.5 Å². The van der Waals surface area contributed by atoms with E-state index in [0.717, 1.165) is 30.2 Å². The summed E-state index contributed by atoms with van der Waals surface area (Å²) in [4.78, 5) is 12.3. The first kappa shape index (κ1) is 17.1. The normalized spacial score (nSPS) is 11.3. The molecule has 2 aromatic rings. The highest BCUT2D eigenvalue weighted by Crippen LogP contribution is 2.26. The molecular weight excluding hydrogens is 298 g/mol. The largest absolute Gasteiger partial charge is 0.486 e. The maximum Gasteiger partial charge on any atom is 0.168 e. The first-order chi connectivity index (χ1) is 10.8. The Hall–Kier alpha value is -2.23. The van der Waals surface area contributed by atoms with Crippen LogP contribution in [-0.2, 0) is 6.61 Å². The van der Waals surface area contributed by atoms with Crippen LogP contribution in [0, 0.1) is 17.0 Å². The molecule has 4 heteroatoms. The zero-order valence-electron chi connectivity index (χ0n) is 13.5. The molecule has 0 heterocycles. The van der Waals surface area contributed by atoms with Crippen molar-refractivity contribution in [3.05, 3.63) is 65.2 Å². The van der Waals surface area contributed by atoms with Gasteiger partial charge in [0, 0.05) is 17.0 Å². The number of ketones is 1. The Bertz CT molecular complexity index is 691. The number of Topliss-reactive ketones (excluding diaryl/α,β-unsaturated/α-hetero) is 1. The van der Waals surface area contributed by atoms with Gasteiger partial charge in [-0.05, 0) is 24.1 Å². The minimum atomic E-state index is -0.608. The Labute approximate surface area is 135 Å². The first-order valence-corrected chi connectivity index (χ1v) is 7.55. The van der Waals surface area contributed by atoms with E-state index in [1.54, 1.807) is 24.3 Å². The number of carbonyl (C=O) groups is 1. The molecule has 0 fully saturated rings. The van der Waals surface area contributed by atoms with E-state index in [2.05, 4.69) is 0 Å². The molecule has 0 saturated heterocycles. The maximum absolute atomic E-state index is 13.5. The van der Waals surface area contributed by atoms with Crippen molar-refractivity contribution in [2.45, 2.75) is 33.8 Å². The highest BCUT2D eigenvalue weighted by atomic mass is 19.1. The van der Waals surface area contributed by atoms with E-state index < -0.39 is 17.0 Å². The molecular formula is C19H20F2O2. The predicted molar refractivity (Wildman–Crippen MR) is 85.5 cm³/mol. The molecule has 0 bridgehead atoms. The molecule has 0 aliphatic heterocycles. The summed E-state index contributed by atoms with van der Waals surface area (Å²) in [5.74, 6) is -1.20. The van der Waals surface area contributed by atoms with Crippen molar-refractivity contribution in [1.29, 1.82) is 0 Å². The van der Waals surface area contributed by atoms with Crippen LogP contribution < -0.4 is 4.74 Å². The van der Waals surface area contributed by atoms with Crippen molar-refractivity contribution < 1.29 is 18.3 Å². The van der Waals surface area contributed by atoms with Gasteiger partial charge in [-0.3, -0.25) is 4.79 Å². The second-order valence-electron chi connectivity index (χ2n) is 6.13. The summed E-state index contributed by atoms with van der Waals surface area (Å²) < 4.78 is 31.8. The van der Waals surface area contributed by atoms with E-state index in [-0.39, 0.29) is 18.1 Å². The average molecular weight is 318 g/mol. The van der Waals surface area contributed by atoms with Crippen LogP contribution >= 0.6 is 0 Å². The number of benzene rings is 2. The quantitative estimate of drug-likeness (QED) is 0.687. The monoisotopic (exact) mass is 318 g/mol. The van der Waals surface area contributed by atoms with E-state index in [1.165, 1.54) is 0 Å². The lowest BCUT2D eigenvalue weighted by Crippen LogP contribution is -2.23. The third-order valence-electron chi connectivity index (χ3n) is 4.00. The summed E-state index contributed by atoms with van der Waals surface area (Å²) in [7, 11) is 0. The molecule has 0 radical (unpaired) electrons. The van der Waals surface area contributed by atoms with Crippen LogP contribution in [0.5, 0.6) is 5.75 Å². The molecule has 0 N–H and O–H groups in total. The highest BCUT2D eigenvalue weighted by Gasteiger charge is 2.26. The van der Waals surface area contributed by atoms with Gasteiger partial charge in [-0.15, -0.1) is 0 Å². The molecule has 2 nitrogen and oxygen atoms in total. The van der Waals surface area contributed by atoms with Crippen LogP contribution in [0.25, 0.3) is 0 Å². The number of ether oxygens (including phenoxy) is 1. The topological polar surface area (TPSA) is 26.3 Å². The van der Waals surface area contributed by atoms with Crippen LogP contribution in [0.1, 0.15) is 43.1 Å². The first-order valence-electron chi connectivity index (χ1n) is 7.55. The van der Waals surface area contributed by atoms with Gasteiger partial charge in [0.1, 0.15) is 12.4 Å². The standard InChI is InChI=1S/C19H20F2O2/c1-4-19(2,3)18(22)14-7-5-13(6-8-14)12-23-17-11-15(20)9-10-16(17)21/h5-11H,4,12H2,1-3H3. The predicted octanol–water partition coefficient (Wildman–Crippen LogP) is 5.16. The molecule has 0 aliphatic rings. The molecule has 0 atom stereocenters. The van der Waals surface area contributed by atoms with Crippen molar-refractivity contribution in [3.8, 4) is 5.75 Å². The van der Waals surface area contributed by atoms with Gasteiger partial charge in [0.25, 0.3) is 0 Å². The van der Waals surface area contributed by atoms with Crippen LogP contribution in [0.2, 0.25) is 0 Å². The summed E-state index contributed by atoms with van der Waals surface area (Å²) >= 11 is 0. The van der Waals surface area contributed by atoms with Gasteiger partial charge in [-0.25, -0.2) is 8.78 Å². The molecule has 0 unspecified atom stereocenters. The highest BCUT2D eigenvalue weighted by molar-refractivity contribution is 6.00. The Kier molecular flexibility index (Phi) is 5.14. The Balaban J connectivity index is 2.06. The average Bonchev–Trinajstić information content (AvgIpc) is 2.55. The van der Waals surface area contributed by atoms with Crippen LogP contribution in [0.3, 0.4) is 0 Å². The van der Waals surface area contributed by atoms with E-state index in [9.17, 15) is 13.6 Å². The number of rotatable bonds is 6. The Morgan fingerprint density at radius 2 is 1.74 bits per heavy atom. The van der Waals surface area contributed by atoms with Crippen molar-refractivity contribution in [2.75, 3.05) is 0 Å². The molecule has 2 aromatic carbocycles. The smallest absolute Gasteiger partial charge is 0.168 e. The fourth-order valence-corrected chi connectivity index (χ4v) is 2.05. The summed E-state index contributed by atoms with van der Waals surface area (Å²) in [6.45, 7) is 5.91. The molecule has 0 aliphatic carbocycles. The van der Waals surface area contributed by atoms with Crippen LogP contribution in [0.4, 0.5) is 8.78 Å². The third kappa shape index (κ3) is 4.15. The zero-order chi connectivity index (χ0) is 17.0. The molecule has 0 amide bonds. The van der Waals surface area contributed by atoms with E-state index in [1.807, 2.05) is 20.8 Å². The van der Waals surface area contributed by atoms with E-state index >= 15 is 0 Å². The second kappa shape index (κ2) is 6.90. The van der Waals surface area contributed by atoms with Gasteiger partial charge in [0.2, 0.25) is 0 Å². The number of hydrogen-bond acceptors (Lipinski definition) is 2. The molecule has 0 aromatic heterocycles. The second-order valence-corrected chi connectivity index (χ2v) is 6.13. The number of carbonyl (C=O) groups excluding carboxylic acids is 1. The third-order valence-corrected chi connectivity index (χ3v) is 4.00. The molecule has 122 valence electrons. The summed E-state index contributed by atoms with van der Waals surface area (Å²) in [6, 6.07) is 10.1. The van der Waals surface area contributed by atoms with Crippen molar-refractivity contribution in [1.82, 2.24) is 0 Å². The van der Waals surface area contributed by atoms with Gasteiger partial charge in [-0.2, -0.15) is 0 Å². The molecule has 23 heavy (non-hydrogen) atoms. The molecule has 2 rings (SSSR count). The summed E-state index contributed by atoms with van der Waals surface area (Å²) in [5.41, 5.74) is 1.01. The lowest BCUT2D eigenvalue weighted by molar-refractivity contribution is 0.0833. The van der Waals surface area contributed by atoms with E-state index in [4.69, 9.17) is 4.74 Å². The molecule has 0 spiro atoms.